The van der Waals surface area contributed by atoms with Gasteiger partial charge in [-0.3, -0.25) is 19.5 Å². The van der Waals surface area contributed by atoms with Crippen molar-refractivity contribution in [3.05, 3.63) is 6.33 Å². The molecule has 1 fully saturated rings. The van der Waals surface area contributed by atoms with Crippen molar-refractivity contribution in [1.82, 2.24) is 19.5 Å². The predicted octanol–water partition coefficient (Wildman–Crippen LogP) is -0.997. The zero-order valence-electron chi connectivity index (χ0n) is 13.5. The number of nitrogens with one attached hydrogen (secondary N) is 1. The normalized spacial score (nSPS) is 23.2. The topological polar surface area (TPSA) is 149 Å². The maximum atomic E-state index is 12.2. The minimum Gasteiger partial charge on any atom is -0.476 e. The molecule has 0 aromatic carbocycles. The van der Waals surface area contributed by atoms with Crippen LogP contribution in [0.2, 0.25) is 0 Å². The Morgan fingerprint density at radius 2 is 2.24 bits per heavy atom. The molecule has 0 spiro atoms. The number of nitrogens with zero attached hydrogens (tertiary/aromatic N) is 4. The van der Waals surface area contributed by atoms with Gasteiger partial charge in [0.05, 0.1) is 19.5 Å². The standard InChI is InChI=1S/C14H17N5O6/c1-3-24-12-8-11(17-14(18-12)16-6(2)21)19(5-15-8)13-10(23)9(22)7(4-20)25-13/h5,7,9,13,20,22H,3-4H2,1-2H3,(H,16,17,18,21). The molecule has 3 heterocycles. The van der Waals surface area contributed by atoms with Crippen LogP contribution in [-0.4, -0.2) is 66.8 Å². The molecule has 0 radical (unpaired) electrons. The van der Waals surface area contributed by atoms with Crippen molar-refractivity contribution >= 4 is 28.8 Å². The Morgan fingerprint density at radius 3 is 2.84 bits per heavy atom. The molecule has 25 heavy (non-hydrogen) atoms. The van der Waals surface area contributed by atoms with E-state index in [-0.39, 0.29) is 28.9 Å². The first kappa shape index (κ1) is 17.2. The van der Waals surface area contributed by atoms with Gasteiger partial charge in [-0.15, -0.1) is 0 Å². The van der Waals surface area contributed by atoms with Gasteiger partial charge in [-0.1, -0.05) is 0 Å². The number of imidazole rings is 1. The number of amides is 1. The fourth-order valence-electron chi connectivity index (χ4n) is 2.49. The van der Waals surface area contributed by atoms with Gasteiger partial charge in [0.15, 0.2) is 17.4 Å². The van der Waals surface area contributed by atoms with Gasteiger partial charge in [-0.2, -0.15) is 9.97 Å². The second-order valence-corrected chi connectivity index (χ2v) is 5.35. The lowest BCUT2D eigenvalue weighted by atomic mass is 10.2. The van der Waals surface area contributed by atoms with E-state index in [4.69, 9.17) is 9.47 Å². The summed E-state index contributed by atoms with van der Waals surface area (Å²) in [6, 6.07) is 0. The predicted molar refractivity (Wildman–Crippen MR) is 82.8 cm³/mol. The first-order chi connectivity index (χ1) is 12.0. The number of ether oxygens (including phenoxy) is 2. The molecular weight excluding hydrogens is 334 g/mol. The van der Waals surface area contributed by atoms with E-state index in [1.165, 1.54) is 17.8 Å². The molecule has 11 nitrogen and oxygen atoms in total. The number of fused-ring (bicyclic) bond motifs is 1. The molecule has 0 bridgehead atoms. The summed E-state index contributed by atoms with van der Waals surface area (Å²) in [5.74, 6) is -0.887. The fourth-order valence-corrected chi connectivity index (χ4v) is 2.49. The monoisotopic (exact) mass is 351 g/mol. The highest BCUT2D eigenvalue weighted by Gasteiger charge is 2.43. The Kier molecular flexibility index (Phi) is 4.61. The molecule has 1 amide bonds. The molecule has 2 aromatic heterocycles. The number of ketones is 1. The number of Topliss-reactive ketones (excluding diaryl/α,β-unsaturated/α-hetero) is 1. The van der Waals surface area contributed by atoms with Crippen LogP contribution >= 0.6 is 0 Å². The zero-order chi connectivity index (χ0) is 18.1. The lowest BCUT2D eigenvalue weighted by molar-refractivity contribution is -0.130. The van der Waals surface area contributed by atoms with Crippen LogP contribution in [0.3, 0.4) is 0 Å². The van der Waals surface area contributed by atoms with E-state index in [1.807, 2.05) is 0 Å². The molecule has 134 valence electrons. The first-order valence-corrected chi connectivity index (χ1v) is 7.59. The summed E-state index contributed by atoms with van der Waals surface area (Å²) in [7, 11) is 0. The van der Waals surface area contributed by atoms with Crippen molar-refractivity contribution in [2.24, 2.45) is 0 Å². The molecule has 0 aliphatic carbocycles. The van der Waals surface area contributed by atoms with Crippen molar-refractivity contribution in [1.29, 1.82) is 0 Å². The molecular formula is C14H17N5O6. The molecule has 3 rings (SSSR count). The Labute approximate surface area is 141 Å². The van der Waals surface area contributed by atoms with Gasteiger partial charge < -0.3 is 19.7 Å². The SMILES string of the molecule is CCOc1nc(NC(C)=O)nc2c1ncn2C1OC(CO)C(O)C1=O. The van der Waals surface area contributed by atoms with Crippen LogP contribution in [0.4, 0.5) is 5.95 Å². The number of aliphatic hydroxyl groups is 2. The van der Waals surface area contributed by atoms with Crippen LogP contribution in [-0.2, 0) is 14.3 Å². The summed E-state index contributed by atoms with van der Waals surface area (Å²) < 4.78 is 12.1. The van der Waals surface area contributed by atoms with E-state index in [0.29, 0.717) is 6.61 Å². The maximum Gasteiger partial charge on any atom is 0.247 e. The molecule has 1 aliphatic rings. The lowest BCUT2D eigenvalue weighted by Crippen LogP contribution is -2.29. The van der Waals surface area contributed by atoms with Crippen LogP contribution in [0, 0.1) is 0 Å². The highest BCUT2D eigenvalue weighted by atomic mass is 16.6. The highest BCUT2D eigenvalue weighted by Crippen LogP contribution is 2.30. The van der Waals surface area contributed by atoms with E-state index in [2.05, 4.69) is 20.3 Å². The van der Waals surface area contributed by atoms with Crippen molar-refractivity contribution in [2.45, 2.75) is 32.3 Å². The Bertz CT molecular complexity index is 821. The van der Waals surface area contributed by atoms with Gasteiger partial charge in [-0.05, 0) is 6.92 Å². The van der Waals surface area contributed by atoms with Gasteiger partial charge in [-0.25, -0.2) is 4.98 Å². The van der Waals surface area contributed by atoms with Crippen LogP contribution in [0.15, 0.2) is 6.33 Å². The van der Waals surface area contributed by atoms with E-state index in [9.17, 15) is 19.8 Å². The van der Waals surface area contributed by atoms with Gasteiger partial charge in [0.25, 0.3) is 0 Å². The molecule has 11 heteroatoms. The first-order valence-electron chi connectivity index (χ1n) is 7.59. The van der Waals surface area contributed by atoms with E-state index >= 15 is 0 Å². The summed E-state index contributed by atoms with van der Waals surface area (Å²) in [6.45, 7) is 2.86. The minimum atomic E-state index is -1.45. The lowest BCUT2D eigenvalue weighted by Gasteiger charge is -2.13. The highest BCUT2D eigenvalue weighted by molar-refractivity contribution is 5.91. The number of rotatable bonds is 5. The maximum absolute atomic E-state index is 12.2. The molecule has 2 aromatic rings. The van der Waals surface area contributed by atoms with Gasteiger partial charge in [0.1, 0.15) is 12.2 Å². The smallest absolute Gasteiger partial charge is 0.247 e. The molecule has 1 aliphatic heterocycles. The Balaban J connectivity index is 2.09. The number of aliphatic hydroxyl groups excluding tert-OH is 2. The summed E-state index contributed by atoms with van der Waals surface area (Å²) in [4.78, 5) is 35.9. The number of hydrogen-bond donors (Lipinski definition) is 3. The van der Waals surface area contributed by atoms with Crippen molar-refractivity contribution in [3.63, 3.8) is 0 Å². The third kappa shape index (κ3) is 3.04. The zero-order valence-corrected chi connectivity index (χ0v) is 13.5. The number of carbonyl (C=O) groups excluding carboxylic acids is 2. The average molecular weight is 351 g/mol. The number of anilines is 1. The summed E-state index contributed by atoms with van der Waals surface area (Å²) in [6.07, 6.45) is -2.38. The Morgan fingerprint density at radius 1 is 1.48 bits per heavy atom. The van der Waals surface area contributed by atoms with E-state index < -0.39 is 30.8 Å². The fraction of sp³-hybridized carbons (Fsp3) is 0.500. The number of hydrogen-bond acceptors (Lipinski definition) is 9. The number of carbonyl (C=O) groups is 2. The summed E-state index contributed by atoms with van der Waals surface area (Å²) >= 11 is 0. The largest absolute Gasteiger partial charge is 0.476 e. The quantitative estimate of drug-likeness (QED) is 0.616. The van der Waals surface area contributed by atoms with Crippen LogP contribution in [0.25, 0.3) is 11.2 Å². The van der Waals surface area contributed by atoms with E-state index in [0.717, 1.165) is 0 Å². The molecule has 0 saturated carbocycles. The van der Waals surface area contributed by atoms with Crippen molar-refractivity contribution in [2.75, 3.05) is 18.5 Å². The minimum absolute atomic E-state index is 0.0186. The average Bonchev–Trinajstić information content (AvgIpc) is 3.09. The molecule has 3 N–H and O–H groups in total. The van der Waals surface area contributed by atoms with E-state index in [1.54, 1.807) is 6.92 Å². The van der Waals surface area contributed by atoms with Crippen LogP contribution in [0.5, 0.6) is 5.88 Å². The number of aromatic nitrogens is 4. The second kappa shape index (κ2) is 6.70. The van der Waals surface area contributed by atoms with Gasteiger partial charge in [0.2, 0.25) is 23.5 Å². The summed E-state index contributed by atoms with van der Waals surface area (Å²) in [5.41, 5.74) is 0.459. The van der Waals surface area contributed by atoms with Crippen LogP contribution in [0.1, 0.15) is 20.1 Å². The molecule has 3 unspecified atom stereocenters. The van der Waals surface area contributed by atoms with Gasteiger partial charge in [0, 0.05) is 6.92 Å². The van der Waals surface area contributed by atoms with Crippen molar-refractivity contribution in [3.8, 4) is 5.88 Å². The third-order valence-corrected chi connectivity index (χ3v) is 3.58. The second-order valence-electron chi connectivity index (χ2n) is 5.35. The Hall–Kier alpha value is -2.63. The third-order valence-electron chi connectivity index (χ3n) is 3.58. The summed E-state index contributed by atoms with van der Waals surface area (Å²) in [5, 5.41) is 21.5. The molecule has 1 saturated heterocycles. The molecule has 3 atom stereocenters. The van der Waals surface area contributed by atoms with Crippen LogP contribution < -0.4 is 10.1 Å². The van der Waals surface area contributed by atoms with Gasteiger partial charge >= 0.3 is 0 Å². The van der Waals surface area contributed by atoms with Crippen molar-refractivity contribution < 1.29 is 29.3 Å².